The van der Waals surface area contributed by atoms with E-state index in [0.717, 1.165) is 55.4 Å². The predicted octanol–water partition coefficient (Wildman–Crippen LogP) is 9.08. The second kappa shape index (κ2) is 11.9. The smallest absolute Gasteiger partial charge is 0.128 e. The van der Waals surface area contributed by atoms with Crippen molar-refractivity contribution in [3.8, 4) is 34.0 Å². The van der Waals surface area contributed by atoms with Crippen LogP contribution in [0.4, 0.5) is 0 Å². The van der Waals surface area contributed by atoms with E-state index < -0.39 is 0 Å². The lowest BCUT2D eigenvalue weighted by Gasteiger charge is -2.11. The van der Waals surface area contributed by atoms with Crippen LogP contribution >= 0.6 is 11.6 Å². The Kier molecular flexibility index (Phi) is 7.89. The minimum atomic E-state index is 0.193. The van der Waals surface area contributed by atoms with Gasteiger partial charge in [-0.05, 0) is 93.9 Å². The van der Waals surface area contributed by atoms with Crippen molar-refractivity contribution in [3.63, 3.8) is 0 Å². The summed E-state index contributed by atoms with van der Waals surface area (Å²) in [5, 5.41) is 25.6. The van der Waals surface area contributed by atoms with E-state index in [0.29, 0.717) is 28.2 Å². The number of rotatable bonds is 8. The SMILES string of the molecule is CC(C)NC(=N)c1ccc2cc(-c3ccc(Oc4ccc(-c5cc6ccc(C(=N)NC(C)C)cc6[nH]5)c(Cl)c4)cc3)[nH]c2c1. The maximum absolute atomic E-state index is 8.30. The molecule has 2 aromatic heterocycles. The maximum Gasteiger partial charge on any atom is 0.128 e. The van der Waals surface area contributed by atoms with Gasteiger partial charge in [-0.1, -0.05) is 35.9 Å². The molecule has 0 radical (unpaired) electrons. The Morgan fingerprint density at radius 1 is 0.636 bits per heavy atom. The third-order valence-corrected chi connectivity index (χ3v) is 7.63. The van der Waals surface area contributed by atoms with E-state index in [1.807, 2.05) is 107 Å². The number of halogens is 1. The fourth-order valence-electron chi connectivity index (χ4n) is 5.23. The monoisotopic (exact) mass is 602 g/mol. The third-order valence-electron chi connectivity index (χ3n) is 7.32. The Morgan fingerprint density at radius 2 is 1.16 bits per heavy atom. The number of ether oxygens (including phenoxy) is 1. The van der Waals surface area contributed by atoms with Gasteiger partial charge >= 0.3 is 0 Å². The molecule has 8 heteroatoms. The van der Waals surface area contributed by atoms with Gasteiger partial charge in [0.25, 0.3) is 0 Å². The van der Waals surface area contributed by atoms with Crippen LogP contribution in [0.1, 0.15) is 38.8 Å². The van der Waals surface area contributed by atoms with Crippen LogP contribution < -0.4 is 15.4 Å². The van der Waals surface area contributed by atoms with Gasteiger partial charge in [-0.25, -0.2) is 0 Å². The first-order chi connectivity index (χ1) is 21.1. The van der Waals surface area contributed by atoms with Crippen molar-refractivity contribution >= 4 is 45.1 Å². The van der Waals surface area contributed by atoms with Gasteiger partial charge in [0.15, 0.2) is 0 Å². The molecule has 0 aliphatic carbocycles. The molecule has 6 aromatic rings. The van der Waals surface area contributed by atoms with Crippen LogP contribution in [0.2, 0.25) is 5.02 Å². The molecule has 0 saturated heterocycles. The van der Waals surface area contributed by atoms with Gasteiger partial charge in [-0.2, -0.15) is 0 Å². The van der Waals surface area contributed by atoms with Gasteiger partial charge < -0.3 is 25.3 Å². The number of aromatic amines is 2. The zero-order chi connectivity index (χ0) is 31.0. The third kappa shape index (κ3) is 6.19. The summed E-state index contributed by atoms with van der Waals surface area (Å²) in [6, 6.07) is 30.2. The van der Waals surface area contributed by atoms with Gasteiger partial charge in [0.05, 0.1) is 5.02 Å². The largest absolute Gasteiger partial charge is 0.457 e. The summed E-state index contributed by atoms with van der Waals surface area (Å²) in [6.07, 6.45) is 0. The summed E-state index contributed by atoms with van der Waals surface area (Å²) in [6.45, 7) is 8.09. The summed E-state index contributed by atoms with van der Waals surface area (Å²) in [4.78, 5) is 6.94. The van der Waals surface area contributed by atoms with E-state index in [9.17, 15) is 0 Å². The summed E-state index contributed by atoms with van der Waals surface area (Å²) in [5.41, 5.74) is 7.43. The van der Waals surface area contributed by atoms with E-state index in [1.54, 1.807) is 0 Å². The number of benzene rings is 4. The topological polar surface area (TPSA) is 113 Å². The van der Waals surface area contributed by atoms with Gasteiger partial charge in [0.2, 0.25) is 0 Å². The molecule has 7 nitrogen and oxygen atoms in total. The fraction of sp³-hybridized carbons (Fsp3) is 0.167. The van der Waals surface area contributed by atoms with Crippen molar-refractivity contribution in [2.24, 2.45) is 0 Å². The van der Waals surface area contributed by atoms with E-state index in [1.165, 1.54) is 0 Å². The van der Waals surface area contributed by atoms with E-state index in [-0.39, 0.29) is 12.1 Å². The van der Waals surface area contributed by atoms with Crippen molar-refractivity contribution in [3.05, 3.63) is 107 Å². The van der Waals surface area contributed by atoms with Crippen LogP contribution in [-0.2, 0) is 0 Å². The highest BCUT2D eigenvalue weighted by molar-refractivity contribution is 6.33. The Morgan fingerprint density at radius 3 is 1.70 bits per heavy atom. The van der Waals surface area contributed by atoms with Crippen LogP contribution in [0.5, 0.6) is 11.5 Å². The number of H-pyrrole nitrogens is 2. The molecule has 0 atom stereocenters. The highest BCUT2D eigenvalue weighted by atomic mass is 35.5. The van der Waals surface area contributed by atoms with Gasteiger partial charge in [0.1, 0.15) is 23.2 Å². The molecule has 4 aromatic carbocycles. The number of amidine groups is 2. The van der Waals surface area contributed by atoms with Crippen LogP contribution in [-0.4, -0.2) is 33.7 Å². The lowest BCUT2D eigenvalue weighted by molar-refractivity contribution is 0.483. The second-order valence-corrected chi connectivity index (χ2v) is 12.0. The fourth-order valence-corrected chi connectivity index (χ4v) is 5.50. The molecule has 0 aliphatic heterocycles. The van der Waals surface area contributed by atoms with Crippen molar-refractivity contribution in [1.29, 1.82) is 10.8 Å². The Labute approximate surface area is 261 Å². The molecule has 0 aliphatic rings. The van der Waals surface area contributed by atoms with Crippen LogP contribution in [0.3, 0.4) is 0 Å². The molecule has 0 saturated carbocycles. The van der Waals surface area contributed by atoms with Crippen LogP contribution in [0.15, 0.2) is 91.0 Å². The normalized spacial score (nSPS) is 11.4. The summed E-state index contributed by atoms with van der Waals surface area (Å²) < 4.78 is 6.14. The lowest BCUT2D eigenvalue weighted by Crippen LogP contribution is -2.30. The zero-order valence-electron chi connectivity index (χ0n) is 25.1. The molecule has 2 heterocycles. The zero-order valence-corrected chi connectivity index (χ0v) is 25.9. The molecular weight excluding hydrogens is 568 g/mol. The maximum atomic E-state index is 8.30. The number of hydrogen-bond donors (Lipinski definition) is 6. The van der Waals surface area contributed by atoms with E-state index >= 15 is 0 Å². The van der Waals surface area contributed by atoms with E-state index in [4.69, 9.17) is 27.2 Å². The molecule has 0 bridgehead atoms. The quantitative estimate of drug-likeness (QED) is 0.0771. The minimum Gasteiger partial charge on any atom is -0.457 e. The molecule has 222 valence electrons. The van der Waals surface area contributed by atoms with Crippen molar-refractivity contribution in [2.45, 2.75) is 39.8 Å². The van der Waals surface area contributed by atoms with Gasteiger partial charge in [-0.15, -0.1) is 0 Å². The van der Waals surface area contributed by atoms with Crippen molar-refractivity contribution < 1.29 is 4.74 Å². The molecular formula is C36H35ClN6O. The Balaban J connectivity index is 1.16. The minimum absolute atomic E-state index is 0.193. The van der Waals surface area contributed by atoms with Crippen molar-refractivity contribution in [1.82, 2.24) is 20.6 Å². The number of aromatic nitrogens is 2. The van der Waals surface area contributed by atoms with Gasteiger partial charge in [-0.3, -0.25) is 10.8 Å². The molecule has 0 fully saturated rings. The highest BCUT2D eigenvalue weighted by Crippen LogP contribution is 2.35. The second-order valence-electron chi connectivity index (χ2n) is 11.6. The molecule has 6 N–H and O–H groups in total. The lowest BCUT2D eigenvalue weighted by atomic mass is 10.1. The standard InChI is InChI=1S/C36H35ClN6O/c1-20(2)40-35(38)25-7-5-23-15-31(42-32(23)17-25)22-9-11-27(12-10-22)44-28-13-14-29(30(37)19-28)34-16-24-6-8-26(18-33(24)43-34)36(39)41-21(3)4/h5-21,42-43H,1-4H3,(H2,38,40)(H2,39,41). The molecule has 44 heavy (non-hydrogen) atoms. The summed E-state index contributed by atoms with van der Waals surface area (Å²) in [7, 11) is 0. The number of hydrogen-bond acceptors (Lipinski definition) is 3. The molecule has 6 rings (SSSR count). The van der Waals surface area contributed by atoms with Crippen molar-refractivity contribution in [2.75, 3.05) is 0 Å². The van der Waals surface area contributed by atoms with Crippen LogP contribution in [0.25, 0.3) is 44.3 Å². The average molecular weight is 603 g/mol. The molecule has 0 spiro atoms. The number of fused-ring (bicyclic) bond motifs is 2. The first-order valence-corrected chi connectivity index (χ1v) is 15.1. The predicted molar refractivity (Wildman–Crippen MR) is 183 cm³/mol. The molecule has 0 unspecified atom stereocenters. The number of nitrogens with one attached hydrogen (secondary N) is 6. The van der Waals surface area contributed by atoms with E-state index in [2.05, 4.69) is 32.7 Å². The average Bonchev–Trinajstić information content (AvgIpc) is 3.60. The molecule has 0 amide bonds. The first kappa shape index (κ1) is 29.1. The first-order valence-electron chi connectivity index (χ1n) is 14.7. The summed E-state index contributed by atoms with van der Waals surface area (Å²) in [5.74, 6) is 2.17. The Hall–Kier alpha value is -5.01. The highest BCUT2D eigenvalue weighted by Gasteiger charge is 2.12. The van der Waals surface area contributed by atoms with Gasteiger partial charge in [0, 0.05) is 68.0 Å². The van der Waals surface area contributed by atoms with Crippen LogP contribution in [0, 0.1) is 10.8 Å². The summed E-state index contributed by atoms with van der Waals surface area (Å²) >= 11 is 6.73. The Bertz CT molecular complexity index is 2000.